The Kier molecular flexibility index (Phi) is 5.56. The number of carbonyl (C=O) groups is 1. The zero-order chi connectivity index (χ0) is 16.7. The molecule has 2 N–H and O–H groups in total. The topological polar surface area (TPSA) is 54.0 Å². The van der Waals surface area contributed by atoms with E-state index in [0.717, 1.165) is 17.8 Å². The van der Waals surface area contributed by atoms with Gasteiger partial charge in [-0.2, -0.15) is 13.2 Å². The summed E-state index contributed by atoms with van der Waals surface area (Å²) in [6.07, 6.45) is -2.48. The van der Waals surface area contributed by atoms with Crippen LogP contribution in [0.3, 0.4) is 0 Å². The minimum Gasteiger partial charge on any atom is -0.385 e. The van der Waals surface area contributed by atoms with Gasteiger partial charge in [-0.15, -0.1) is 0 Å². The Balaban J connectivity index is 1.71. The maximum absolute atomic E-state index is 12.4. The molecule has 1 aromatic carbocycles. The smallest absolute Gasteiger partial charge is 0.385 e. The second-order valence-corrected chi connectivity index (χ2v) is 4.85. The van der Waals surface area contributed by atoms with Gasteiger partial charge >= 0.3 is 6.18 Å². The second kappa shape index (κ2) is 7.62. The Morgan fingerprint density at radius 3 is 2.43 bits per heavy atom. The van der Waals surface area contributed by atoms with Crippen LogP contribution in [-0.4, -0.2) is 17.4 Å². The van der Waals surface area contributed by atoms with Crippen LogP contribution >= 0.6 is 0 Å². The van der Waals surface area contributed by atoms with Gasteiger partial charge in [0.25, 0.3) is 0 Å². The molecule has 0 saturated carbocycles. The van der Waals surface area contributed by atoms with Crippen molar-refractivity contribution >= 4 is 11.6 Å². The summed E-state index contributed by atoms with van der Waals surface area (Å²) in [6.45, 7) is 0.680. The van der Waals surface area contributed by atoms with Gasteiger partial charge in [-0.3, -0.25) is 9.78 Å². The van der Waals surface area contributed by atoms with Crippen molar-refractivity contribution < 1.29 is 18.0 Å². The number of nitrogens with one attached hydrogen (secondary N) is 2. The van der Waals surface area contributed by atoms with E-state index in [9.17, 15) is 18.0 Å². The number of amides is 1. The molecule has 0 aliphatic heterocycles. The number of hydrogen-bond donors (Lipinski definition) is 2. The molecule has 0 atom stereocenters. The van der Waals surface area contributed by atoms with Gasteiger partial charge in [0, 0.05) is 24.8 Å². The van der Waals surface area contributed by atoms with Gasteiger partial charge in [-0.05, 0) is 36.4 Å². The molecular weight excluding hydrogens is 307 g/mol. The highest BCUT2D eigenvalue weighted by Crippen LogP contribution is 2.29. The molecule has 1 aromatic heterocycles. The van der Waals surface area contributed by atoms with Gasteiger partial charge in [0.15, 0.2) is 0 Å². The van der Waals surface area contributed by atoms with Crippen molar-refractivity contribution in [3.63, 3.8) is 0 Å². The molecule has 0 radical (unpaired) electrons. The van der Waals surface area contributed by atoms with E-state index in [4.69, 9.17) is 0 Å². The molecule has 0 aliphatic rings. The number of anilines is 1. The van der Waals surface area contributed by atoms with E-state index in [0.29, 0.717) is 18.8 Å². The van der Waals surface area contributed by atoms with Crippen LogP contribution < -0.4 is 10.6 Å². The number of nitrogens with zero attached hydrogens (tertiary/aromatic N) is 1. The minimum atomic E-state index is -4.34. The number of pyridine rings is 1. The number of hydrogen-bond acceptors (Lipinski definition) is 3. The molecule has 122 valence electrons. The van der Waals surface area contributed by atoms with Crippen LogP contribution in [0, 0.1) is 0 Å². The first-order chi connectivity index (χ1) is 10.9. The molecule has 7 heteroatoms. The van der Waals surface area contributed by atoms with Crippen molar-refractivity contribution in [1.82, 2.24) is 10.3 Å². The third kappa shape index (κ3) is 5.61. The van der Waals surface area contributed by atoms with Crippen LogP contribution in [0.2, 0.25) is 0 Å². The lowest BCUT2D eigenvalue weighted by molar-refractivity contribution is -0.137. The van der Waals surface area contributed by atoms with Gasteiger partial charge in [0.1, 0.15) is 0 Å². The van der Waals surface area contributed by atoms with E-state index < -0.39 is 11.7 Å². The SMILES string of the molecule is O=C(CCNc1ccc(C(F)(F)F)cc1)NCc1ccccn1. The van der Waals surface area contributed by atoms with Crippen LogP contribution in [0.1, 0.15) is 17.7 Å². The van der Waals surface area contributed by atoms with E-state index in [2.05, 4.69) is 15.6 Å². The molecule has 4 nitrogen and oxygen atoms in total. The average molecular weight is 323 g/mol. The fourth-order valence-corrected chi connectivity index (χ4v) is 1.88. The summed E-state index contributed by atoms with van der Waals surface area (Å²) in [5, 5.41) is 5.63. The van der Waals surface area contributed by atoms with E-state index >= 15 is 0 Å². The summed E-state index contributed by atoms with van der Waals surface area (Å²) in [5.74, 6) is -0.157. The highest BCUT2D eigenvalue weighted by molar-refractivity contribution is 5.76. The summed E-state index contributed by atoms with van der Waals surface area (Å²) in [6, 6.07) is 10.1. The average Bonchev–Trinajstić information content (AvgIpc) is 2.53. The van der Waals surface area contributed by atoms with E-state index in [1.165, 1.54) is 12.1 Å². The Hall–Kier alpha value is -2.57. The maximum Gasteiger partial charge on any atom is 0.416 e. The van der Waals surface area contributed by atoms with Gasteiger partial charge in [0.2, 0.25) is 5.91 Å². The summed E-state index contributed by atoms with van der Waals surface area (Å²) >= 11 is 0. The van der Waals surface area contributed by atoms with Crippen LogP contribution in [-0.2, 0) is 17.5 Å². The number of alkyl halides is 3. The van der Waals surface area contributed by atoms with Gasteiger partial charge in [-0.1, -0.05) is 6.07 Å². The minimum absolute atomic E-state index is 0.157. The highest BCUT2D eigenvalue weighted by Gasteiger charge is 2.29. The molecule has 0 fully saturated rings. The highest BCUT2D eigenvalue weighted by atomic mass is 19.4. The quantitative estimate of drug-likeness (QED) is 0.858. The maximum atomic E-state index is 12.4. The molecule has 0 aliphatic carbocycles. The molecule has 2 aromatic rings. The predicted molar refractivity (Wildman–Crippen MR) is 80.6 cm³/mol. The Morgan fingerprint density at radius 1 is 1.09 bits per heavy atom. The zero-order valence-electron chi connectivity index (χ0n) is 12.2. The van der Waals surface area contributed by atoms with Crippen LogP contribution in [0.25, 0.3) is 0 Å². The number of rotatable bonds is 6. The largest absolute Gasteiger partial charge is 0.416 e. The third-order valence-corrected chi connectivity index (χ3v) is 3.09. The van der Waals surface area contributed by atoms with Crippen molar-refractivity contribution in [3.05, 3.63) is 59.9 Å². The second-order valence-electron chi connectivity index (χ2n) is 4.85. The van der Waals surface area contributed by atoms with E-state index in [-0.39, 0.29) is 12.3 Å². The first-order valence-electron chi connectivity index (χ1n) is 7.03. The fraction of sp³-hybridized carbons (Fsp3) is 0.250. The molecule has 1 heterocycles. The number of halogens is 3. The number of benzene rings is 1. The predicted octanol–water partition coefficient (Wildman–Crippen LogP) is 3.22. The molecule has 23 heavy (non-hydrogen) atoms. The van der Waals surface area contributed by atoms with Crippen LogP contribution in [0.5, 0.6) is 0 Å². The molecule has 0 unspecified atom stereocenters. The number of carbonyl (C=O) groups excluding carboxylic acids is 1. The van der Waals surface area contributed by atoms with Crippen molar-refractivity contribution in [2.75, 3.05) is 11.9 Å². The van der Waals surface area contributed by atoms with Crippen LogP contribution in [0.4, 0.5) is 18.9 Å². The first-order valence-corrected chi connectivity index (χ1v) is 7.03. The Labute approximate surface area is 131 Å². The molecule has 0 bridgehead atoms. The monoisotopic (exact) mass is 323 g/mol. The lowest BCUT2D eigenvalue weighted by Gasteiger charge is -2.09. The van der Waals surface area contributed by atoms with Crippen LogP contribution in [0.15, 0.2) is 48.7 Å². The molecule has 1 amide bonds. The molecule has 2 rings (SSSR count). The summed E-state index contributed by atoms with van der Waals surface area (Å²) in [4.78, 5) is 15.7. The molecular formula is C16H16F3N3O. The fourth-order valence-electron chi connectivity index (χ4n) is 1.88. The lowest BCUT2D eigenvalue weighted by atomic mass is 10.2. The Morgan fingerprint density at radius 2 is 1.83 bits per heavy atom. The summed E-state index contributed by atoms with van der Waals surface area (Å²) in [5.41, 5.74) is 0.600. The van der Waals surface area contributed by atoms with Crippen molar-refractivity contribution in [2.45, 2.75) is 19.1 Å². The lowest BCUT2D eigenvalue weighted by Crippen LogP contribution is -2.25. The summed E-state index contributed by atoms with van der Waals surface area (Å²) in [7, 11) is 0. The zero-order valence-corrected chi connectivity index (χ0v) is 12.2. The van der Waals surface area contributed by atoms with Crippen molar-refractivity contribution in [3.8, 4) is 0 Å². The van der Waals surface area contributed by atoms with Gasteiger partial charge in [0.05, 0.1) is 17.8 Å². The van der Waals surface area contributed by atoms with E-state index in [1.807, 2.05) is 6.07 Å². The van der Waals surface area contributed by atoms with Gasteiger partial charge in [-0.25, -0.2) is 0 Å². The number of aromatic nitrogens is 1. The Bertz CT molecular complexity index is 627. The molecule has 0 spiro atoms. The molecule has 0 saturated heterocycles. The summed E-state index contributed by atoms with van der Waals surface area (Å²) < 4.78 is 37.3. The first kappa shape index (κ1) is 16.8. The van der Waals surface area contributed by atoms with Gasteiger partial charge < -0.3 is 10.6 Å². The van der Waals surface area contributed by atoms with Crippen molar-refractivity contribution in [1.29, 1.82) is 0 Å². The van der Waals surface area contributed by atoms with E-state index in [1.54, 1.807) is 18.3 Å². The van der Waals surface area contributed by atoms with Crippen molar-refractivity contribution in [2.24, 2.45) is 0 Å². The normalized spacial score (nSPS) is 11.1. The standard InChI is InChI=1S/C16H16F3N3O/c17-16(18,19)12-4-6-13(7-5-12)21-10-8-15(23)22-11-14-3-1-2-9-20-14/h1-7,9,21H,8,10-11H2,(H,22,23). The third-order valence-electron chi connectivity index (χ3n) is 3.09.